The molecule has 1 unspecified atom stereocenters. The first kappa shape index (κ1) is 11.8. The zero-order valence-electron chi connectivity index (χ0n) is 10.1. The first-order chi connectivity index (χ1) is 7.74. The van der Waals surface area contributed by atoms with Gasteiger partial charge in [0.15, 0.2) is 0 Å². The minimum absolute atomic E-state index is 0.449. The number of piperidine rings is 1. The summed E-state index contributed by atoms with van der Waals surface area (Å²) in [5, 5.41) is 13.5. The molecule has 90 valence electrons. The van der Waals surface area contributed by atoms with E-state index in [1.54, 1.807) is 11.3 Å². The van der Waals surface area contributed by atoms with Gasteiger partial charge < -0.3 is 10.2 Å². The summed E-state index contributed by atoms with van der Waals surface area (Å²) < 4.78 is 0. The van der Waals surface area contributed by atoms with Crippen molar-refractivity contribution >= 4 is 16.5 Å². The van der Waals surface area contributed by atoms with Gasteiger partial charge in [0.05, 0.1) is 0 Å². The van der Waals surface area contributed by atoms with Gasteiger partial charge in [-0.05, 0) is 39.8 Å². The Morgan fingerprint density at radius 2 is 2.06 bits per heavy atom. The lowest BCUT2D eigenvalue weighted by Gasteiger charge is -2.29. The molecule has 1 aliphatic rings. The Morgan fingerprint density at radius 1 is 1.31 bits per heavy atom. The largest absolute Gasteiger partial charge is 0.356 e. The number of anilines is 1. The van der Waals surface area contributed by atoms with Crippen molar-refractivity contribution in [2.75, 3.05) is 25.0 Å². The van der Waals surface area contributed by atoms with Gasteiger partial charge in [-0.2, -0.15) is 0 Å². The molecule has 1 atom stereocenters. The van der Waals surface area contributed by atoms with Crippen LogP contribution in [0.15, 0.2) is 0 Å². The number of likely N-dealkylation sites (tertiary alicyclic amines) is 1. The van der Waals surface area contributed by atoms with E-state index >= 15 is 0 Å². The highest BCUT2D eigenvalue weighted by Crippen LogP contribution is 2.15. The van der Waals surface area contributed by atoms with Gasteiger partial charge in [-0.3, -0.25) is 0 Å². The highest BCUT2D eigenvalue weighted by molar-refractivity contribution is 7.15. The minimum atomic E-state index is 0.449. The van der Waals surface area contributed by atoms with Crippen LogP contribution in [0.2, 0.25) is 0 Å². The second kappa shape index (κ2) is 5.59. The van der Waals surface area contributed by atoms with E-state index in [0.29, 0.717) is 6.04 Å². The van der Waals surface area contributed by atoms with Gasteiger partial charge in [-0.25, -0.2) is 0 Å². The van der Waals surface area contributed by atoms with Gasteiger partial charge in [-0.1, -0.05) is 17.8 Å². The van der Waals surface area contributed by atoms with Gasteiger partial charge >= 0.3 is 0 Å². The van der Waals surface area contributed by atoms with E-state index in [1.165, 1.54) is 32.4 Å². The predicted octanol–water partition coefficient (Wildman–Crippen LogP) is 2.13. The van der Waals surface area contributed by atoms with E-state index < -0.39 is 0 Å². The molecule has 1 fully saturated rings. The summed E-state index contributed by atoms with van der Waals surface area (Å²) in [7, 11) is 0. The summed E-state index contributed by atoms with van der Waals surface area (Å²) in [6, 6.07) is 0.449. The number of aromatic nitrogens is 2. The molecule has 0 amide bonds. The molecule has 0 radical (unpaired) electrons. The molecule has 16 heavy (non-hydrogen) atoms. The molecule has 1 saturated heterocycles. The van der Waals surface area contributed by atoms with Crippen LogP contribution in [0.4, 0.5) is 5.13 Å². The van der Waals surface area contributed by atoms with Crippen molar-refractivity contribution in [1.82, 2.24) is 15.1 Å². The topological polar surface area (TPSA) is 41.1 Å². The second-order valence-electron chi connectivity index (χ2n) is 4.53. The van der Waals surface area contributed by atoms with E-state index in [-0.39, 0.29) is 0 Å². The highest BCUT2D eigenvalue weighted by Gasteiger charge is 2.14. The van der Waals surface area contributed by atoms with Crippen LogP contribution in [0, 0.1) is 6.92 Å². The number of hydrogen-bond acceptors (Lipinski definition) is 5. The number of aryl methyl sites for hydroxylation is 1. The average molecular weight is 240 g/mol. The summed E-state index contributed by atoms with van der Waals surface area (Å²) in [6.45, 7) is 7.81. The second-order valence-corrected chi connectivity index (χ2v) is 5.71. The smallest absolute Gasteiger partial charge is 0.205 e. The van der Waals surface area contributed by atoms with E-state index in [2.05, 4.69) is 27.3 Å². The lowest BCUT2D eigenvalue weighted by atomic mass is 10.1. The number of nitrogens with one attached hydrogen (secondary N) is 1. The molecule has 1 aliphatic heterocycles. The number of hydrogen-bond donors (Lipinski definition) is 1. The van der Waals surface area contributed by atoms with Crippen molar-refractivity contribution in [2.24, 2.45) is 0 Å². The van der Waals surface area contributed by atoms with E-state index in [0.717, 1.165) is 16.7 Å². The van der Waals surface area contributed by atoms with Gasteiger partial charge in [0.2, 0.25) is 5.13 Å². The normalized spacial score (nSPS) is 19.6. The fourth-order valence-electron chi connectivity index (χ4n) is 2.14. The highest BCUT2D eigenvalue weighted by atomic mass is 32.1. The van der Waals surface area contributed by atoms with E-state index in [9.17, 15) is 0 Å². The molecule has 2 heterocycles. The molecule has 1 aromatic heterocycles. The maximum Gasteiger partial charge on any atom is 0.205 e. The molecule has 0 spiro atoms. The summed E-state index contributed by atoms with van der Waals surface area (Å²) in [5.41, 5.74) is 0. The minimum Gasteiger partial charge on any atom is -0.356 e. The monoisotopic (exact) mass is 240 g/mol. The molecular formula is C11H20N4S. The Labute approximate surface area is 101 Å². The van der Waals surface area contributed by atoms with Crippen LogP contribution in [-0.4, -0.2) is 40.8 Å². The van der Waals surface area contributed by atoms with Crippen molar-refractivity contribution in [3.05, 3.63) is 5.01 Å². The summed E-state index contributed by atoms with van der Waals surface area (Å²) in [4.78, 5) is 2.54. The van der Waals surface area contributed by atoms with Gasteiger partial charge in [0.1, 0.15) is 5.01 Å². The molecule has 1 N–H and O–H groups in total. The van der Waals surface area contributed by atoms with Crippen molar-refractivity contribution in [3.8, 4) is 0 Å². The Bertz CT molecular complexity index is 320. The third-order valence-corrected chi connectivity index (χ3v) is 3.65. The molecular weight excluding hydrogens is 220 g/mol. The van der Waals surface area contributed by atoms with Crippen LogP contribution < -0.4 is 5.32 Å². The van der Waals surface area contributed by atoms with Crippen LogP contribution >= 0.6 is 11.3 Å². The number of nitrogens with zero attached hydrogens (tertiary/aromatic N) is 3. The first-order valence-corrected chi connectivity index (χ1v) is 6.84. The Balaban J connectivity index is 1.77. The third kappa shape index (κ3) is 3.42. The van der Waals surface area contributed by atoms with E-state index in [4.69, 9.17) is 0 Å². The van der Waals surface area contributed by atoms with Gasteiger partial charge in [0.25, 0.3) is 0 Å². The molecule has 0 aliphatic carbocycles. The molecule has 4 nitrogen and oxygen atoms in total. The van der Waals surface area contributed by atoms with Crippen LogP contribution in [0.5, 0.6) is 0 Å². The standard InChI is InChI=1S/C11H20N4S/c1-9(8-15-6-4-3-5-7-15)12-11-14-13-10(2)16-11/h9H,3-8H2,1-2H3,(H,12,14). The van der Waals surface area contributed by atoms with Crippen molar-refractivity contribution < 1.29 is 0 Å². The van der Waals surface area contributed by atoms with Crippen LogP contribution in [0.25, 0.3) is 0 Å². The lowest BCUT2D eigenvalue weighted by Crippen LogP contribution is -2.38. The molecule has 0 bridgehead atoms. The molecule has 5 heteroatoms. The first-order valence-electron chi connectivity index (χ1n) is 6.03. The Kier molecular flexibility index (Phi) is 4.12. The van der Waals surface area contributed by atoms with E-state index in [1.807, 2.05) is 6.92 Å². The fourth-order valence-corrected chi connectivity index (χ4v) is 2.84. The van der Waals surface area contributed by atoms with Crippen molar-refractivity contribution in [1.29, 1.82) is 0 Å². The maximum atomic E-state index is 4.09. The number of rotatable bonds is 4. The third-order valence-electron chi connectivity index (χ3n) is 2.88. The Hall–Kier alpha value is -0.680. The SMILES string of the molecule is Cc1nnc(NC(C)CN2CCCCC2)s1. The molecule has 0 aromatic carbocycles. The van der Waals surface area contributed by atoms with Crippen LogP contribution in [0.3, 0.4) is 0 Å². The lowest BCUT2D eigenvalue weighted by molar-refractivity contribution is 0.223. The Morgan fingerprint density at radius 3 is 2.69 bits per heavy atom. The summed E-state index contributed by atoms with van der Waals surface area (Å²) >= 11 is 1.63. The summed E-state index contributed by atoms with van der Waals surface area (Å²) in [6.07, 6.45) is 4.10. The zero-order valence-corrected chi connectivity index (χ0v) is 10.9. The molecule has 0 saturated carbocycles. The predicted molar refractivity (Wildman–Crippen MR) is 68.0 cm³/mol. The van der Waals surface area contributed by atoms with Gasteiger partial charge in [-0.15, -0.1) is 10.2 Å². The molecule has 2 rings (SSSR count). The molecule has 1 aromatic rings. The quantitative estimate of drug-likeness (QED) is 0.875. The van der Waals surface area contributed by atoms with Crippen molar-refractivity contribution in [3.63, 3.8) is 0 Å². The fraction of sp³-hybridized carbons (Fsp3) is 0.818. The van der Waals surface area contributed by atoms with Crippen molar-refractivity contribution in [2.45, 2.75) is 39.2 Å². The van der Waals surface area contributed by atoms with Crippen LogP contribution in [0.1, 0.15) is 31.2 Å². The summed E-state index contributed by atoms with van der Waals surface area (Å²) in [5.74, 6) is 0. The van der Waals surface area contributed by atoms with Crippen LogP contribution in [-0.2, 0) is 0 Å². The average Bonchev–Trinajstić information content (AvgIpc) is 2.65. The maximum absolute atomic E-state index is 4.09. The zero-order chi connectivity index (χ0) is 11.4. The van der Waals surface area contributed by atoms with Gasteiger partial charge in [0, 0.05) is 12.6 Å².